The zero-order valence-corrected chi connectivity index (χ0v) is 13.6. The molecule has 1 N–H and O–H groups in total. The second kappa shape index (κ2) is 7.11. The van der Waals surface area contributed by atoms with Crippen LogP contribution < -0.4 is 10.2 Å². The molecular formula is C17H26N4O. The lowest BCUT2D eigenvalue weighted by Crippen LogP contribution is -2.39. The predicted octanol–water partition coefficient (Wildman–Crippen LogP) is 2.26. The van der Waals surface area contributed by atoms with Gasteiger partial charge in [-0.05, 0) is 38.9 Å². The smallest absolute Gasteiger partial charge is 0.206 e. The van der Waals surface area contributed by atoms with Crippen LogP contribution in [0.2, 0.25) is 0 Å². The van der Waals surface area contributed by atoms with Crippen LogP contribution in [0.1, 0.15) is 20.3 Å². The molecule has 0 amide bonds. The Bertz CT molecular complexity index is 610. The van der Waals surface area contributed by atoms with Gasteiger partial charge in [-0.25, -0.2) is 4.98 Å². The first kappa shape index (κ1) is 15.3. The Hall–Kier alpha value is -1.59. The molecule has 22 heavy (non-hydrogen) atoms. The van der Waals surface area contributed by atoms with Crippen molar-refractivity contribution in [1.29, 1.82) is 0 Å². The van der Waals surface area contributed by atoms with E-state index in [0.29, 0.717) is 6.04 Å². The summed E-state index contributed by atoms with van der Waals surface area (Å²) in [5.74, 6) is 1.08. The van der Waals surface area contributed by atoms with Crippen molar-refractivity contribution in [3.63, 3.8) is 0 Å². The number of fused-ring (bicyclic) bond motifs is 1. The van der Waals surface area contributed by atoms with Crippen LogP contribution >= 0.6 is 0 Å². The normalized spacial score (nSPS) is 19.5. The largest absolute Gasteiger partial charge is 0.380 e. The van der Waals surface area contributed by atoms with E-state index in [0.717, 1.165) is 57.3 Å². The molecule has 3 rings (SSSR count). The van der Waals surface area contributed by atoms with Crippen molar-refractivity contribution in [3.8, 4) is 0 Å². The maximum Gasteiger partial charge on any atom is 0.206 e. The third-order valence-electron chi connectivity index (χ3n) is 4.28. The fraction of sp³-hybridized carbons (Fsp3) is 0.588. The van der Waals surface area contributed by atoms with Gasteiger partial charge >= 0.3 is 0 Å². The Labute approximate surface area is 132 Å². The highest BCUT2D eigenvalue weighted by Crippen LogP contribution is 2.24. The Kier molecular flexibility index (Phi) is 4.95. The highest BCUT2D eigenvalue weighted by atomic mass is 16.5. The molecule has 1 fully saturated rings. The average Bonchev–Trinajstić information content (AvgIpc) is 2.75. The van der Waals surface area contributed by atoms with Crippen molar-refractivity contribution in [2.45, 2.75) is 32.9 Å². The van der Waals surface area contributed by atoms with Crippen LogP contribution in [0.25, 0.3) is 11.0 Å². The lowest BCUT2D eigenvalue weighted by atomic mass is 10.3. The van der Waals surface area contributed by atoms with E-state index in [1.165, 1.54) is 5.52 Å². The summed E-state index contributed by atoms with van der Waals surface area (Å²) >= 11 is 0. The van der Waals surface area contributed by atoms with E-state index in [1.54, 1.807) is 0 Å². The molecule has 1 aliphatic rings. The van der Waals surface area contributed by atoms with E-state index in [-0.39, 0.29) is 0 Å². The van der Waals surface area contributed by atoms with Gasteiger partial charge in [0.05, 0.1) is 17.6 Å². The number of nitrogens with zero attached hydrogens (tertiary/aromatic N) is 3. The molecule has 2 heterocycles. The quantitative estimate of drug-likeness (QED) is 0.860. The summed E-state index contributed by atoms with van der Waals surface area (Å²) < 4.78 is 7.88. The van der Waals surface area contributed by atoms with E-state index in [2.05, 4.69) is 46.0 Å². The van der Waals surface area contributed by atoms with Gasteiger partial charge < -0.3 is 19.5 Å². The molecule has 1 unspecified atom stereocenters. The highest BCUT2D eigenvalue weighted by molar-refractivity contribution is 5.78. The van der Waals surface area contributed by atoms with Gasteiger partial charge in [0.15, 0.2) is 0 Å². The molecule has 0 spiro atoms. The van der Waals surface area contributed by atoms with Gasteiger partial charge in [0.2, 0.25) is 5.95 Å². The lowest BCUT2D eigenvalue weighted by molar-refractivity contribution is 0.140. The molecule has 0 bridgehead atoms. The molecule has 5 heteroatoms. The first-order chi connectivity index (χ1) is 10.8. The van der Waals surface area contributed by atoms with Crippen LogP contribution in [-0.2, 0) is 11.3 Å². The zero-order valence-electron chi connectivity index (χ0n) is 13.6. The number of aromatic nitrogens is 2. The van der Waals surface area contributed by atoms with Gasteiger partial charge in [0, 0.05) is 32.3 Å². The van der Waals surface area contributed by atoms with Gasteiger partial charge in [0.1, 0.15) is 0 Å². The minimum absolute atomic E-state index is 0.449. The van der Waals surface area contributed by atoms with Crippen LogP contribution in [0.5, 0.6) is 0 Å². The molecule has 0 aliphatic carbocycles. The van der Waals surface area contributed by atoms with E-state index >= 15 is 0 Å². The zero-order chi connectivity index (χ0) is 15.4. The topological polar surface area (TPSA) is 42.3 Å². The van der Waals surface area contributed by atoms with Crippen LogP contribution in [0.15, 0.2) is 24.3 Å². The fourth-order valence-electron chi connectivity index (χ4n) is 3.12. The molecule has 120 valence electrons. The van der Waals surface area contributed by atoms with E-state index in [4.69, 9.17) is 9.72 Å². The number of hydrogen-bond acceptors (Lipinski definition) is 4. The SMILES string of the molecule is CCOCCn1c(N2CCCNCC2C)nc2ccccc21. The number of anilines is 1. The molecule has 1 saturated heterocycles. The summed E-state index contributed by atoms with van der Waals surface area (Å²) in [4.78, 5) is 7.35. The van der Waals surface area contributed by atoms with Crippen molar-refractivity contribution in [3.05, 3.63) is 24.3 Å². The highest BCUT2D eigenvalue weighted by Gasteiger charge is 2.22. The standard InChI is InChI=1S/C17H26N4O/c1-3-22-12-11-21-16-8-5-4-7-15(16)19-17(21)20-10-6-9-18-13-14(20)2/h4-5,7-8,14,18H,3,6,9-13H2,1-2H3. The molecule has 1 aliphatic heterocycles. The van der Waals surface area contributed by atoms with Crippen molar-refractivity contribution >= 4 is 17.0 Å². The number of benzene rings is 1. The number of ether oxygens (including phenoxy) is 1. The van der Waals surface area contributed by atoms with Gasteiger partial charge in [-0.2, -0.15) is 0 Å². The summed E-state index contributed by atoms with van der Waals surface area (Å²) in [7, 11) is 0. The van der Waals surface area contributed by atoms with Crippen molar-refractivity contribution in [1.82, 2.24) is 14.9 Å². The van der Waals surface area contributed by atoms with Crippen molar-refractivity contribution in [2.75, 3.05) is 37.7 Å². The van der Waals surface area contributed by atoms with E-state index in [1.807, 2.05) is 6.92 Å². The Morgan fingerprint density at radius 3 is 3.09 bits per heavy atom. The maximum atomic E-state index is 5.57. The fourth-order valence-corrected chi connectivity index (χ4v) is 3.12. The average molecular weight is 302 g/mol. The first-order valence-electron chi connectivity index (χ1n) is 8.31. The summed E-state index contributed by atoms with van der Waals surface area (Å²) in [6, 6.07) is 8.83. The van der Waals surface area contributed by atoms with Gasteiger partial charge in [0.25, 0.3) is 0 Å². The number of rotatable bonds is 5. The second-order valence-corrected chi connectivity index (χ2v) is 5.85. The van der Waals surface area contributed by atoms with Crippen molar-refractivity contribution < 1.29 is 4.74 Å². The van der Waals surface area contributed by atoms with E-state index in [9.17, 15) is 0 Å². The lowest BCUT2D eigenvalue weighted by Gasteiger charge is -2.28. The maximum absolute atomic E-state index is 5.57. The third kappa shape index (κ3) is 3.10. The van der Waals surface area contributed by atoms with Crippen LogP contribution in [0.4, 0.5) is 5.95 Å². The summed E-state index contributed by atoms with van der Waals surface area (Å²) in [6.45, 7) is 9.78. The molecule has 1 atom stereocenters. The van der Waals surface area contributed by atoms with E-state index < -0.39 is 0 Å². The first-order valence-corrected chi connectivity index (χ1v) is 8.31. The number of imidazole rings is 1. The molecule has 2 aromatic rings. The predicted molar refractivity (Wildman–Crippen MR) is 90.5 cm³/mol. The Morgan fingerprint density at radius 1 is 1.36 bits per heavy atom. The molecule has 0 saturated carbocycles. The minimum atomic E-state index is 0.449. The molecule has 1 aromatic heterocycles. The summed E-state index contributed by atoms with van der Waals surface area (Å²) in [6.07, 6.45) is 1.15. The monoisotopic (exact) mass is 302 g/mol. The van der Waals surface area contributed by atoms with Crippen molar-refractivity contribution in [2.24, 2.45) is 0 Å². The molecule has 5 nitrogen and oxygen atoms in total. The van der Waals surface area contributed by atoms with Gasteiger partial charge in [-0.15, -0.1) is 0 Å². The second-order valence-electron chi connectivity index (χ2n) is 5.85. The van der Waals surface area contributed by atoms with Crippen LogP contribution in [-0.4, -0.2) is 48.4 Å². The summed E-state index contributed by atoms with van der Waals surface area (Å²) in [5, 5.41) is 3.50. The molecule has 1 aromatic carbocycles. The van der Waals surface area contributed by atoms with Crippen LogP contribution in [0.3, 0.4) is 0 Å². The summed E-state index contributed by atoms with van der Waals surface area (Å²) in [5.41, 5.74) is 2.26. The Morgan fingerprint density at radius 2 is 2.23 bits per heavy atom. The Balaban J connectivity index is 1.97. The number of hydrogen-bond donors (Lipinski definition) is 1. The third-order valence-corrected chi connectivity index (χ3v) is 4.28. The van der Waals surface area contributed by atoms with Crippen LogP contribution in [0, 0.1) is 0 Å². The van der Waals surface area contributed by atoms with Gasteiger partial charge in [-0.1, -0.05) is 12.1 Å². The molecule has 0 radical (unpaired) electrons. The number of nitrogens with one attached hydrogen (secondary N) is 1. The number of para-hydroxylation sites is 2. The minimum Gasteiger partial charge on any atom is -0.380 e. The molecular weight excluding hydrogens is 276 g/mol. The van der Waals surface area contributed by atoms with Gasteiger partial charge in [-0.3, -0.25) is 0 Å².